The van der Waals surface area contributed by atoms with Gasteiger partial charge in [-0.2, -0.15) is 5.26 Å². The van der Waals surface area contributed by atoms with Gasteiger partial charge in [0.15, 0.2) is 0 Å². The first-order valence-electron chi connectivity index (χ1n) is 4.07. The first kappa shape index (κ1) is 9.50. The second-order valence-corrected chi connectivity index (χ2v) is 4.21. The second-order valence-electron chi connectivity index (χ2n) is 3.01. The minimum Gasteiger partial charge on any atom is -0.335 e. The van der Waals surface area contributed by atoms with Crippen LogP contribution in [0.5, 0.6) is 0 Å². The number of hydrogen-bond donors (Lipinski definition) is 1. The van der Waals surface area contributed by atoms with E-state index in [2.05, 4.69) is 17.7 Å². The highest BCUT2D eigenvalue weighted by Gasteiger charge is 2.04. The Hall–Kier alpha value is -1.05. The molecule has 0 saturated carbocycles. The third-order valence-corrected chi connectivity index (χ3v) is 3.33. The predicted octanol–water partition coefficient (Wildman–Crippen LogP) is 2.99. The zero-order valence-electron chi connectivity index (χ0n) is 7.56. The van der Waals surface area contributed by atoms with E-state index in [0.717, 1.165) is 15.8 Å². The van der Waals surface area contributed by atoms with Gasteiger partial charge in [0.05, 0.1) is 0 Å². The quantitative estimate of drug-likeness (QED) is 0.591. The maximum Gasteiger partial charge on any atom is 0.121 e. The Morgan fingerprint density at radius 1 is 1.43 bits per heavy atom. The summed E-state index contributed by atoms with van der Waals surface area (Å²) in [6.07, 6.45) is 0. The lowest BCUT2D eigenvalue weighted by Crippen LogP contribution is -1.89. The van der Waals surface area contributed by atoms with Crippen LogP contribution >= 0.6 is 22.5 Å². The lowest BCUT2D eigenvalue weighted by molar-refractivity contribution is 0.947. The largest absolute Gasteiger partial charge is 0.335 e. The summed E-state index contributed by atoms with van der Waals surface area (Å²) < 4.78 is 1.89. The average molecular weight is 220 g/mol. The summed E-state index contributed by atoms with van der Waals surface area (Å²) in [6, 6.07) is 10.1. The van der Waals surface area contributed by atoms with Crippen LogP contribution in [-0.4, -0.2) is 4.57 Å². The van der Waals surface area contributed by atoms with Crippen LogP contribution < -0.4 is 0 Å². The van der Waals surface area contributed by atoms with E-state index in [4.69, 9.17) is 5.26 Å². The maximum atomic E-state index is 8.85. The summed E-state index contributed by atoms with van der Waals surface area (Å²) in [5, 5.41) is 9.94. The van der Waals surface area contributed by atoms with Crippen molar-refractivity contribution in [2.45, 2.75) is 4.90 Å². The van der Waals surface area contributed by atoms with Crippen LogP contribution in [0, 0.1) is 11.3 Å². The normalized spacial score (nSPS) is 10.4. The van der Waals surface area contributed by atoms with Gasteiger partial charge in [0, 0.05) is 22.8 Å². The van der Waals surface area contributed by atoms with Crippen molar-refractivity contribution in [3.05, 3.63) is 30.0 Å². The van der Waals surface area contributed by atoms with Crippen LogP contribution in [0.2, 0.25) is 0 Å². The Balaban J connectivity index is 2.74. The van der Waals surface area contributed by atoms with Crippen molar-refractivity contribution in [3.8, 4) is 6.07 Å². The van der Waals surface area contributed by atoms with Gasteiger partial charge in [-0.15, -0.1) is 11.7 Å². The van der Waals surface area contributed by atoms with Crippen LogP contribution in [-0.2, 0) is 7.05 Å². The van der Waals surface area contributed by atoms with Gasteiger partial charge in [-0.3, -0.25) is 0 Å². The molecular formula is C10H8N2S2. The standard InChI is InChI=1S/C10H8N2S2/c1-12-8(6-11)4-7-5-9(14-13)2-3-10(7)12/h2-5,13H,1H3. The maximum absolute atomic E-state index is 8.85. The van der Waals surface area contributed by atoms with E-state index < -0.39 is 0 Å². The highest BCUT2D eigenvalue weighted by Crippen LogP contribution is 2.27. The Labute approximate surface area is 91.3 Å². The monoisotopic (exact) mass is 220 g/mol. The number of rotatable bonds is 1. The van der Waals surface area contributed by atoms with Crippen LogP contribution in [0.4, 0.5) is 0 Å². The van der Waals surface area contributed by atoms with Gasteiger partial charge in [-0.05, 0) is 24.3 Å². The summed E-state index contributed by atoms with van der Waals surface area (Å²) >= 11 is 4.14. The molecule has 70 valence electrons. The van der Waals surface area contributed by atoms with Crippen molar-refractivity contribution < 1.29 is 0 Å². The molecule has 0 aliphatic rings. The molecule has 0 unspecified atom stereocenters. The van der Waals surface area contributed by atoms with Crippen molar-refractivity contribution in [1.82, 2.24) is 4.57 Å². The van der Waals surface area contributed by atoms with Gasteiger partial charge >= 0.3 is 0 Å². The molecule has 0 N–H and O–H groups in total. The molecule has 2 nitrogen and oxygen atoms in total. The minimum absolute atomic E-state index is 0.682. The van der Waals surface area contributed by atoms with Crippen molar-refractivity contribution in [2.75, 3.05) is 0 Å². The predicted molar refractivity (Wildman–Crippen MR) is 62.5 cm³/mol. The molecule has 1 heterocycles. The Morgan fingerprint density at radius 2 is 2.21 bits per heavy atom. The number of fused-ring (bicyclic) bond motifs is 1. The van der Waals surface area contributed by atoms with Gasteiger partial charge in [0.25, 0.3) is 0 Å². The van der Waals surface area contributed by atoms with Crippen molar-refractivity contribution in [1.29, 1.82) is 5.26 Å². The summed E-state index contributed by atoms with van der Waals surface area (Å²) in [7, 11) is 3.31. The summed E-state index contributed by atoms with van der Waals surface area (Å²) in [6.45, 7) is 0. The van der Waals surface area contributed by atoms with Gasteiger partial charge in [0.1, 0.15) is 11.8 Å². The molecule has 1 aromatic carbocycles. The van der Waals surface area contributed by atoms with Crippen molar-refractivity contribution >= 4 is 33.4 Å². The molecule has 0 fully saturated rings. The number of aromatic nitrogens is 1. The molecule has 14 heavy (non-hydrogen) atoms. The van der Waals surface area contributed by atoms with E-state index in [1.165, 1.54) is 10.8 Å². The lowest BCUT2D eigenvalue weighted by Gasteiger charge is -1.98. The highest BCUT2D eigenvalue weighted by molar-refractivity contribution is 8.68. The molecule has 1 aromatic heterocycles. The zero-order valence-corrected chi connectivity index (χ0v) is 9.27. The lowest BCUT2D eigenvalue weighted by atomic mass is 10.2. The fourth-order valence-electron chi connectivity index (χ4n) is 1.49. The fourth-order valence-corrected chi connectivity index (χ4v) is 2.14. The molecule has 0 aliphatic heterocycles. The molecule has 0 radical (unpaired) electrons. The number of nitrogens with zero attached hydrogens (tertiary/aromatic N) is 2. The van der Waals surface area contributed by atoms with Crippen LogP contribution in [0.25, 0.3) is 10.9 Å². The highest BCUT2D eigenvalue weighted by atomic mass is 33.1. The Bertz CT molecular complexity index is 523. The molecule has 0 saturated heterocycles. The zero-order chi connectivity index (χ0) is 10.1. The van der Waals surface area contributed by atoms with Gasteiger partial charge in [-0.1, -0.05) is 10.8 Å². The minimum atomic E-state index is 0.682. The molecule has 0 amide bonds. The molecular weight excluding hydrogens is 212 g/mol. The summed E-state index contributed by atoms with van der Waals surface area (Å²) in [5.74, 6) is 0. The SMILES string of the molecule is Cn1c(C#N)cc2cc(SS)ccc21. The fraction of sp³-hybridized carbons (Fsp3) is 0.100. The Morgan fingerprint density at radius 3 is 2.86 bits per heavy atom. The van der Waals surface area contributed by atoms with Gasteiger partial charge in [0.2, 0.25) is 0 Å². The van der Waals surface area contributed by atoms with Gasteiger partial charge in [-0.25, -0.2) is 0 Å². The smallest absolute Gasteiger partial charge is 0.121 e. The number of benzene rings is 1. The summed E-state index contributed by atoms with van der Waals surface area (Å²) in [4.78, 5) is 1.09. The Kier molecular flexibility index (Phi) is 2.44. The molecule has 4 heteroatoms. The van der Waals surface area contributed by atoms with E-state index in [1.54, 1.807) is 0 Å². The second kappa shape index (κ2) is 3.60. The van der Waals surface area contributed by atoms with E-state index in [9.17, 15) is 0 Å². The molecule has 0 aliphatic carbocycles. The van der Waals surface area contributed by atoms with Crippen LogP contribution in [0.3, 0.4) is 0 Å². The number of hydrogen-bond acceptors (Lipinski definition) is 3. The molecule has 0 spiro atoms. The number of nitriles is 1. The number of aryl methyl sites for hydroxylation is 1. The van der Waals surface area contributed by atoms with Crippen molar-refractivity contribution in [2.24, 2.45) is 7.05 Å². The molecule has 2 rings (SSSR count). The average Bonchev–Trinajstić information content (AvgIpc) is 2.55. The van der Waals surface area contributed by atoms with Crippen molar-refractivity contribution in [3.63, 3.8) is 0 Å². The first-order chi connectivity index (χ1) is 6.76. The van der Waals surface area contributed by atoms with E-state index in [0.29, 0.717) is 5.69 Å². The third-order valence-electron chi connectivity index (χ3n) is 2.23. The molecule has 0 atom stereocenters. The van der Waals surface area contributed by atoms with E-state index in [1.807, 2.05) is 35.9 Å². The topological polar surface area (TPSA) is 28.7 Å². The molecule has 2 aromatic rings. The van der Waals surface area contributed by atoms with Gasteiger partial charge < -0.3 is 4.57 Å². The molecule has 0 bridgehead atoms. The third kappa shape index (κ3) is 1.39. The number of thiol groups is 1. The van der Waals surface area contributed by atoms with E-state index >= 15 is 0 Å². The van der Waals surface area contributed by atoms with Crippen LogP contribution in [0.1, 0.15) is 5.69 Å². The van der Waals surface area contributed by atoms with Crippen LogP contribution in [0.15, 0.2) is 29.2 Å². The van der Waals surface area contributed by atoms with E-state index in [-0.39, 0.29) is 0 Å². The first-order valence-corrected chi connectivity index (χ1v) is 5.94. The summed E-state index contributed by atoms with van der Waals surface area (Å²) in [5.41, 5.74) is 1.76.